The number of carbonyl (C=O) groups excluding carboxylic acids is 2. The van der Waals surface area contributed by atoms with Crippen LogP contribution >= 0.6 is 0 Å². The number of carbonyl (C=O) groups is 2. The highest BCUT2D eigenvalue weighted by atomic mass is 16.7. The Hall–Kier alpha value is -2.80. The van der Waals surface area contributed by atoms with Crippen LogP contribution in [-0.4, -0.2) is 42.1 Å². The van der Waals surface area contributed by atoms with E-state index in [1.54, 1.807) is 25.1 Å². The van der Waals surface area contributed by atoms with E-state index in [2.05, 4.69) is 24.5 Å². The van der Waals surface area contributed by atoms with E-state index in [-0.39, 0.29) is 25.2 Å². The van der Waals surface area contributed by atoms with Gasteiger partial charge in [-0.2, -0.15) is 0 Å². The second kappa shape index (κ2) is 8.26. The molecule has 2 aliphatic heterocycles. The zero-order chi connectivity index (χ0) is 19.4. The molecule has 0 bridgehead atoms. The fourth-order valence-electron chi connectivity index (χ4n) is 2.84. The average Bonchev–Trinajstić information content (AvgIpc) is 3.15. The molecule has 1 aromatic rings. The maximum atomic E-state index is 12.5. The Balaban J connectivity index is 1.50. The standard InChI is InChI=1S/C20H25N3O4/c1-13(2)23-8-4-5-16(10-23)20(25)22-11-21-14(3)19(24)15-6-7-17-18(9-15)27-12-26-17/h4,6-10,13-14,21H,5,11-12H2,1-3H3,(H,22,25). The molecule has 2 aliphatic rings. The molecule has 2 heterocycles. The lowest BCUT2D eigenvalue weighted by molar-refractivity contribution is -0.117. The fourth-order valence-corrected chi connectivity index (χ4v) is 2.84. The van der Waals surface area contributed by atoms with Crippen LogP contribution in [0.3, 0.4) is 0 Å². The molecule has 144 valence electrons. The molecule has 1 aromatic carbocycles. The van der Waals surface area contributed by atoms with Gasteiger partial charge in [-0.05, 0) is 45.4 Å². The molecule has 1 atom stereocenters. The first-order chi connectivity index (χ1) is 13.0. The third-order valence-electron chi connectivity index (χ3n) is 4.52. The first-order valence-corrected chi connectivity index (χ1v) is 9.06. The van der Waals surface area contributed by atoms with Gasteiger partial charge in [0.05, 0.1) is 12.7 Å². The molecule has 0 saturated carbocycles. The van der Waals surface area contributed by atoms with Gasteiger partial charge in [0.1, 0.15) is 0 Å². The van der Waals surface area contributed by atoms with Crippen LogP contribution in [0.1, 0.15) is 37.6 Å². The minimum atomic E-state index is -0.446. The molecule has 0 spiro atoms. The average molecular weight is 371 g/mol. The van der Waals surface area contributed by atoms with Crippen LogP contribution in [0.25, 0.3) is 0 Å². The predicted molar refractivity (Wildman–Crippen MR) is 101 cm³/mol. The van der Waals surface area contributed by atoms with Gasteiger partial charge in [0.15, 0.2) is 17.3 Å². The van der Waals surface area contributed by atoms with Crippen molar-refractivity contribution in [2.24, 2.45) is 0 Å². The van der Waals surface area contributed by atoms with Gasteiger partial charge < -0.3 is 19.7 Å². The summed E-state index contributed by atoms with van der Waals surface area (Å²) >= 11 is 0. The van der Waals surface area contributed by atoms with Crippen molar-refractivity contribution in [3.8, 4) is 11.5 Å². The summed E-state index contributed by atoms with van der Waals surface area (Å²) in [5.41, 5.74) is 1.24. The first-order valence-electron chi connectivity index (χ1n) is 9.06. The fraction of sp³-hybridized carbons (Fsp3) is 0.400. The minimum Gasteiger partial charge on any atom is -0.454 e. The SMILES string of the molecule is CC(NCNC(=O)C1=CN(C(C)C)C=CC1)C(=O)c1ccc2c(c1)OCO2. The minimum absolute atomic E-state index is 0.0756. The summed E-state index contributed by atoms with van der Waals surface area (Å²) in [5.74, 6) is 1.01. The number of ketones is 1. The van der Waals surface area contributed by atoms with Crippen molar-refractivity contribution in [2.75, 3.05) is 13.5 Å². The monoisotopic (exact) mass is 371 g/mol. The van der Waals surface area contributed by atoms with Crippen LogP contribution in [0.5, 0.6) is 11.5 Å². The van der Waals surface area contributed by atoms with E-state index in [0.717, 1.165) is 0 Å². The van der Waals surface area contributed by atoms with E-state index < -0.39 is 6.04 Å². The third-order valence-corrected chi connectivity index (χ3v) is 4.52. The lowest BCUT2D eigenvalue weighted by Gasteiger charge is -2.25. The van der Waals surface area contributed by atoms with Crippen LogP contribution in [0.15, 0.2) is 42.2 Å². The highest BCUT2D eigenvalue weighted by molar-refractivity contribution is 6.00. The Morgan fingerprint density at radius 1 is 1.19 bits per heavy atom. The van der Waals surface area contributed by atoms with Crippen molar-refractivity contribution in [3.63, 3.8) is 0 Å². The smallest absolute Gasteiger partial charge is 0.249 e. The molecule has 0 saturated heterocycles. The van der Waals surface area contributed by atoms with Crippen molar-refractivity contribution in [1.29, 1.82) is 0 Å². The van der Waals surface area contributed by atoms with Crippen molar-refractivity contribution in [1.82, 2.24) is 15.5 Å². The zero-order valence-electron chi connectivity index (χ0n) is 15.8. The van der Waals surface area contributed by atoms with E-state index in [0.29, 0.717) is 35.1 Å². The number of hydrogen-bond donors (Lipinski definition) is 2. The number of ether oxygens (including phenoxy) is 2. The lowest BCUT2D eigenvalue weighted by atomic mass is 10.1. The van der Waals surface area contributed by atoms with E-state index >= 15 is 0 Å². The molecule has 3 rings (SSSR count). The lowest BCUT2D eigenvalue weighted by Crippen LogP contribution is -2.42. The van der Waals surface area contributed by atoms with Gasteiger partial charge in [-0.25, -0.2) is 0 Å². The molecule has 1 amide bonds. The summed E-state index contributed by atoms with van der Waals surface area (Å²) in [6, 6.07) is 4.97. The summed E-state index contributed by atoms with van der Waals surface area (Å²) in [5, 5.41) is 5.86. The molecule has 27 heavy (non-hydrogen) atoms. The van der Waals surface area contributed by atoms with Gasteiger partial charge >= 0.3 is 0 Å². The number of nitrogens with zero attached hydrogens (tertiary/aromatic N) is 1. The highest BCUT2D eigenvalue weighted by Gasteiger charge is 2.20. The summed E-state index contributed by atoms with van der Waals surface area (Å²) in [6.45, 7) is 6.27. The molecule has 0 aromatic heterocycles. The van der Waals surface area contributed by atoms with Gasteiger partial charge in [-0.15, -0.1) is 0 Å². The predicted octanol–water partition coefficient (Wildman–Crippen LogP) is 2.16. The maximum absolute atomic E-state index is 12.5. The second-order valence-corrected chi connectivity index (χ2v) is 6.82. The Bertz CT molecular complexity index is 785. The van der Waals surface area contributed by atoms with Crippen LogP contribution in [0, 0.1) is 0 Å². The normalized spacial score (nSPS) is 16.3. The number of fused-ring (bicyclic) bond motifs is 1. The van der Waals surface area contributed by atoms with Crippen molar-refractivity contribution in [2.45, 2.75) is 39.3 Å². The molecule has 2 N–H and O–H groups in total. The van der Waals surface area contributed by atoms with Crippen LogP contribution in [0.4, 0.5) is 0 Å². The molecular weight excluding hydrogens is 346 g/mol. The van der Waals surface area contributed by atoms with Gasteiger partial charge in [-0.1, -0.05) is 6.08 Å². The second-order valence-electron chi connectivity index (χ2n) is 6.82. The van der Waals surface area contributed by atoms with Crippen molar-refractivity contribution < 1.29 is 19.1 Å². The molecular formula is C20H25N3O4. The molecule has 0 fully saturated rings. The summed E-state index contributed by atoms with van der Waals surface area (Å²) < 4.78 is 10.6. The van der Waals surface area contributed by atoms with Crippen molar-refractivity contribution >= 4 is 11.7 Å². The quantitative estimate of drug-likeness (QED) is 0.565. The summed E-state index contributed by atoms with van der Waals surface area (Å²) in [6.07, 6.45) is 6.40. The van der Waals surface area contributed by atoms with Gasteiger partial charge in [0.2, 0.25) is 12.7 Å². The number of Topliss-reactive ketones (excluding diaryl/α,β-unsaturated/α-hetero) is 1. The highest BCUT2D eigenvalue weighted by Crippen LogP contribution is 2.32. The van der Waals surface area contributed by atoms with E-state index in [1.165, 1.54) is 0 Å². The van der Waals surface area contributed by atoms with E-state index in [1.807, 2.05) is 23.4 Å². The Morgan fingerprint density at radius 2 is 1.96 bits per heavy atom. The molecule has 7 heteroatoms. The van der Waals surface area contributed by atoms with Gasteiger partial charge in [0, 0.05) is 29.6 Å². The molecule has 1 unspecified atom stereocenters. The van der Waals surface area contributed by atoms with Crippen LogP contribution in [-0.2, 0) is 4.79 Å². The van der Waals surface area contributed by atoms with Crippen molar-refractivity contribution in [3.05, 3.63) is 47.8 Å². The molecule has 0 aliphatic carbocycles. The number of amides is 1. The van der Waals surface area contributed by atoms with E-state index in [9.17, 15) is 9.59 Å². The topological polar surface area (TPSA) is 79.9 Å². The summed E-state index contributed by atoms with van der Waals surface area (Å²) in [4.78, 5) is 26.9. The number of rotatable bonds is 7. The molecule has 7 nitrogen and oxygen atoms in total. The van der Waals surface area contributed by atoms with Gasteiger partial charge in [-0.3, -0.25) is 14.9 Å². The molecule has 0 radical (unpaired) electrons. The third kappa shape index (κ3) is 4.49. The maximum Gasteiger partial charge on any atom is 0.249 e. The van der Waals surface area contributed by atoms with Crippen LogP contribution in [0.2, 0.25) is 0 Å². The number of allylic oxidation sites excluding steroid dienone is 1. The largest absolute Gasteiger partial charge is 0.454 e. The number of nitrogens with one attached hydrogen (secondary N) is 2. The van der Waals surface area contributed by atoms with Gasteiger partial charge in [0.25, 0.3) is 0 Å². The Kier molecular flexibility index (Phi) is 5.81. The number of benzene rings is 1. The zero-order valence-corrected chi connectivity index (χ0v) is 15.8. The van der Waals surface area contributed by atoms with E-state index in [4.69, 9.17) is 9.47 Å². The Morgan fingerprint density at radius 3 is 2.74 bits per heavy atom. The first kappa shape index (κ1) is 19.0. The van der Waals surface area contributed by atoms with Crippen LogP contribution < -0.4 is 20.1 Å². The Labute approximate surface area is 159 Å². The number of hydrogen-bond acceptors (Lipinski definition) is 6. The summed E-state index contributed by atoms with van der Waals surface area (Å²) in [7, 11) is 0.